The summed E-state index contributed by atoms with van der Waals surface area (Å²) in [5.41, 5.74) is 0.389. The van der Waals surface area contributed by atoms with E-state index in [9.17, 15) is 4.79 Å². The maximum Gasteiger partial charge on any atom is 0.357 e. The number of ether oxygens (including phenoxy) is 1. The molecule has 4 nitrogen and oxygen atoms in total. The van der Waals surface area contributed by atoms with Crippen molar-refractivity contribution in [2.45, 2.75) is 32.7 Å². The highest BCUT2D eigenvalue weighted by atomic mass is 32.1. The molecule has 0 aromatic carbocycles. The fourth-order valence-electron chi connectivity index (χ4n) is 1.62. The number of methoxy groups -OCH3 is 1. The lowest BCUT2D eigenvalue weighted by atomic mass is 10.1. The zero-order valence-electron chi connectivity index (χ0n) is 10.2. The fourth-order valence-corrected chi connectivity index (χ4v) is 2.45. The van der Waals surface area contributed by atoms with Gasteiger partial charge in [0.25, 0.3) is 0 Å². The zero-order valence-corrected chi connectivity index (χ0v) is 11.0. The number of nitrogens with zero attached hydrogens (tertiary/aromatic N) is 2. The van der Waals surface area contributed by atoms with E-state index in [0.29, 0.717) is 11.7 Å². The number of hydrogen-bond acceptors (Lipinski definition) is 5. The van der Waals surface area contributed by atoms with Crippen LogP contribution in [0.3, 0.4) is 0 Å². The lowest BCUT2D eigenvalue weighted by Crippen LogP contribution is -2.30. The molecule has 0 atom stereocenters. The normalized spacial score (nSPS) is 10.6. The van der Waals surface area contributed by atoms with E-state index in [2.05, 4.69) is 28.5 Å². The van der Waals surface area contributed by atoms with Gasteiger partial charge in [0, 0.05) is 18.5 Å². The van der Waals surface area contributed by atoms with E-state index in [-0.39, 0.29) is 5.97 Å². The van der Waals surface area contributed by atoms with E-state index in [0.717, 1.165) is 18.0 Å². The van der Waals surface area contributed by atoms with Crippen molar-refractivity contribution in [1.29, 1.82) is 0 Å². The van der Waals surface area contributed by atoms with Crippen LogP contribution in [0.25, 0.3) is 0 Å². The van der Waals surface area contributed by atoms with E-state index in [1.807, 2.05) is 7.05 Å². The number of esters is 1. The first-order valence-corrected chi connectivity index (χ1v) is 6.28. The Morgan fingerprint density at radius 1 is 1.56 bits per heavy atom. The molecular formula is C11H18N2O2S. The van der Waals surface area contributed by atoms with Crippen LogP contribution < -0.4 is 4.90 Å². The number of rotatable bonds is 5. The second kappa shape index (κ2) is 5.84. The topological polar surface area (TPSA) is 42.4 Å². The quantitative estimate of drug-likeness (QED) is 0.744. The van der Waals surface area contributed by atoms with Crippen LogP contribution in [0.1, 0.15) is 37.2 Å². The van der Waals surface area contributed by atoms with Crippen LogP contribution in [0, 0.1) is 0 Å². The van der Waals surface area contributed by atoms with Crippen LogP contribution in [0.4, 0.5) is 5.13 Å². The van der Waals surface area contributed by atoms with Crippen LogP contribution in [0.15, 0.2) is 5.38 Å². The van der Waals surface area contributed by atoms with E-state index in [4.69, 9.17) is 0 Å². The Morgan fingerprint density at radius 2 is 2.19 bits per heavy atom. The Balaban J connectivity index is 2.80. The van der Waals surface area contributed by atoms with Gasteiger partial charge in [0.1, 0.15) is 0 Å². The van der Waals surface area contributed by atoms with Crippen molar-refractivity contribution in [3.05, 3.63) is 11.1 Å². The van der Waals surface area contributed by atoms with Crippen molar-refractivity contribution >= 4 is 22.4 Å². The molecule has 16 heavy (non-hydrogen) atoms. The van der Waals surface area contributed by atoms with Crippen molar-refractivity contribution in [3.63, 3.8) is 0 Å². The largest absolute Gasteiger partial charge is 0.464 e. The fraction of sp³-hybridized carbons (Fsp3) is 0.636. The van der Waals surface area contributed by atoms with Crippen LogP contribution in [0.2, 0.25) is 0 Å². The van der Waals surface area contributed by atoms with Gasteiger partial charge >= 0.3 is 5.97 Å². The third-order valence-electron chi connectivity index (χ3n) is 2.68. The van der Waals surface area contributed by atoms with Gasteiger partial charge in [0.05, 0.1) is 7.11 Å². The monoisotopic (exact) mass is 242 g/mol. The van der Waals surface area contributed by atoms with Crippen LogP contribution in [-0.4, -0.2) is 31.2 Å². The summed E-state index contributed by atoms with van der Waals surface area (Å²) in [4.78, 5) is 17.7. The van der Waals surface area contributed by atoms with Gasteiger partial charge in [-0.05, 0) is 12.8 Å². The standard InChI is InChI=1S/C11H18N2O2S/c1-5-8(6-2)13(3)11-12-9(7-16-11)10(14)15-4/h7-8H,5-6H2,1-4H3. The number of anilines is 1. The molecule has 0 unspecified atom stereocenters. The van der Waals surface area contributed by atoms with Gasteiger partial charge < -0.3 is 9.64 Å². The summed E-state index contributed by atoms with van der Waals surface area (Å²) in [5.74, 6) is -0.375. The summed E-state index contributed by atoms with van der Waals surface area (Å²) in [5, 5.41) is 2.61. The van der Waals surface area contributed by atoms with Gasteiger partial charge in [-0.25, -0.2) is 9.78 Å². The molecule has 0 spiro atoms. The minimum Gasteiger partial charge on any atom is -0.464 e. The molecule has 1 rings (SSSR count). The summed E-state index contributed by atoms with van der Waals surface area (Å²) in [6.45, 7) is 4.30. The molecule has 1 aromatic rings. The summed E-state index contributed by atoms with van der Waals surface area (Å²) in [7, 11) is 3.38. The lowest BCUT2D eigenvalue weighted by Gasteiger charge is -2.25. The molecule has 0 aliphatic rings. The third-order valence-corrected chi connectivity index (χ3v) is 3.61. The average molecular weight is 242 g/mol. The number of thiazole rings is 1. The predicted molar refractivity (Wildman–Crippen MR) is 66.2 cm³/mol. The molecule has 0 radical (unpaired) electrons. The van der Waals surface area contributed by atoms with E-state index < -0.39 is 0 Å². The van der Waals surface area contributed by atoms with Crippen LogP contribution >= 0.6 is 11.3 Å². The SMILES string of the molecule is CCC(CC)N(C)c1nc(C(=O)OC)cs1. The first-order chi connectivity index (χ1) is 7.63. The number of carbonyl (C=O) groups excluding carboxylic acids is 1. The number of aromatic nitrogens is 1. The number of carbonyl (C=O) groups is 1. The third kappa shape index (κ3) is 2.72. The first kappa shape index (κ1) is 13.0. The van der Waals surface area contributed by atoms with E-state index in [1.165, 1.54) is 18.4 Å². The van der Waals surface area contributed by atoms with Crippen molar-refractivity contribution in [3.8, 4) is 0 Å². The molecule has 90 valence electrons. The molecule has 0 saturated carbocycles. The molecule has 0 N–H and O–H groups in total. The van der Waals surface area contributed by atoms with Gasteiger partial charge in [-0.15, -0.1) is 11.3 Å². The minimum atomic E-state index is -0.375. The average Bonchev–Trinajstić information content (AvgIpc) is 2.78. The van der Waals surface area contributed by atoms with Gasteiger partial charge in [0.2, 0.25) is 0 Å². The summed E-state index contributed by atoms with van der Waals surface area (Å²) < 4.78 is 4.63. The van der Waals surface area contributed by atoms with Crippen molar-refractivity contribution in [1.82, 2.24) is 4.98 Å². The minimum absolute atomic E-state index is 0.375. The molecule has 0 fully saturated rings. The van der Waals surface area contributed by atoms with Crippen molar-refractivity contribution < 1.29 is 9.53 Å². The van der Waals surface area contributed by atoms with E-state index >= 15 is 0 Å². The maximum atomic E-state index is 11.3. The Morgan fingerprint density at radius 3 is 2.69 bits per heavy atom. The second-order valence-electron chi connectivity index (χ2n) is 3.59. The molecule has 0 aliphatic carbocycles. The Kier molecular flexibility index (Phi) is 4.73. The van der Waals surface area contributed by atoms with Gasteiger partial charge in [-0.3, -0.25) is 0 Å². The first-order valence-electron chi connectivity index (χ1n) is 5.40. The van der Waals surface area contributed by atoms with Crippen LogP contribution in [-0.2, 0) is 4.74 Å². The molecule has 0 aliphatic heterocycles. The molecule has 0 bridgehead atoms. The molecule has 0 saturated heterocycles. The highest BCUT2D eigenvalue weighted by Gasteiger charge is 2.17. The predicted octanol–water partition coefficient (Wildman–Crippen LogP) is 2.55. The molecule has 1 aromatic heterocycles. The summed E-state index contributed by atoms with van der Waals surface area (Å²) >= 11 is 1.47. The van der Waals surface area contributed by atoms with Crippen LogP contribution in [0.5, 0.6) is 0 Å². The molecule has 0 amide bonds. The van der Waals surface area contributed by atoms with Crippen molar-refractivity contribution in [2.24, 2.45) is 0 Å². The second-order valence-corrected chi connectivity index (χ2v) is 4.42. The van der Waals surface area contributed by atoms with Gasteiger partial charge in [-0.1, -0.05) is 13.8 Å². The Hall–Kier alpha value is -1.10. The number of hydrogen-bond donors (Lipinski definition) is 0. The lowest BCUT2D eigenvalue weighted by molar-refractivity contribution is 0.0595. The highest BCUT2D eigenvalue weighted by Crippen LogP contribution is 2.23. The Labute approximate surface area is 100 Å². The maximum absolute atomic E-state index is 11.3. The summed E-state index contributed by atoms with van der Waals surface area (Å²) in [6.07, 6.45) is 2.14. The molecule has 1 heterocycles. The molecule has 5 heteroatoms. The van der Waals surface area contributed by atoms with E-state index in [1.54, 1.807) is 5.38 Å². The highest BCUT2D eigenvalue weighted by molar-refractivity contribution is 7.13. The van der Waals surface area contributed by atoms with Gasteiger partial charge in [0.15, 0.2) is 10.8 Å². The van der Waals surface area contributed by atoms with Crippen molar-refractivity contribution in [2.75, 3.05) is 19.1 Å². The molecular weight excluding hydrogens is 224 g/mol. The zero-order chi connectivity index (χ0) is 12.1. The summed E-state index contributed by atoms with van der Waals surface area (Å²) in [6, 6.07) is 0.469. The van der Waals surface area contributed by atoms with Gasteiger partial charge in [-0.2, -0.15) is 0 Å². The smallest absolute Gasteiger partial charge is 0.357 e. The Bertz CT molecular complexity index is 348.